The molecule has 0 unspecified atom stereocenters. The Balaban J connectivity index is 1.41. The lowest BCUT2D eigenvalue weighted by atomic mass is 10.1. The zero-order valence-electron chi connectivity index (χ0n) is 21.1. The second-order valence-electron chi connectivity index (χ2n) is 9.82. The summed E-state index contributed by atoms with van der Waals surface area (Å²) in [6.45, 7) is 9.70. The number of nitrogens with zero attached hydrogens (tertiary/aromatic N) is 6. The van der Waals surface area contributed by atoms with Crippen molar-refractivity contribution in [3.63, 3.8) is 0 Å². The van der Waals surface area contributed by atoms with Gasteiger partial charge in [0, 0.05) is 19.6 Å². The van der Waals surface area contributed by atoms with Crippen LogP contribution >= 0.6 is 23.2 Å². The third kappa shape index (κ3) is 5.35. The molecule has 0 atom stereocenters. The minimum Gasteiger partial charge on any atom is -0.444 e. The summed E-state index contributed by atoms with van der Waals surface area (Å²) in [4.78, 5) is 36.2. The Morgan fingerprint density at radius 1 is 1.19 bits per heavy atom. The highest BCUT2D eigenvalue weighted by Crippen LogP contribution is 2.28. The van der Waals surface area contributed by atoms with Gasteiger partial charge in [0.2, 0.25) is 0 Å². The molecule has 5 rings (SSSR count). The van der Waals surface area contributed by atoms with Gasteiger partial charge in [0.25, 0.3) is 0 Å². The first-order valence-electron chi connectivity index (χ1n) is 12.1. The number of nitrogens with one attached hydrogen (secondary N) is 2. The molecule has 3 aromatic heterocycles. The molecule has 0 saturated heterocycles. The number of ether oxygens (including phenoxy) is 1. The van der Waals surface area contributed by atoms with Crippen molar-refractivity contribution in [2.75, 3.05) is 18.4 Å². The number of hydrogen-bond donors (Lipinski definition) is 2. The summed E-state index contributed by atoms with van der Waals surface area (Å²) in [6, 6.07) is 3.50. The number of carbonyl (C=O) groups excluding carboxylic acids is 1. The number of anilines is 1. The first-order valence-corrected chi connectivity index (χ1v) is 12.8. The van der Waals surface area contributed by atoms with E-state index in [-0.39, 0.29) is 6.09 Å². The van der Waals surface area contributed by atoms with E-state index in [1.54, 1.807) is 23.4 Å². The topological polar surface area (TPSA) is 114 Å². The summed E-state index contributed by atoms with van der Waals surface area (Å²) >= 11 is 12.3. The van der Waals surface area contributed by atoms with E-state index >= 15 is 0 Å². The number of benzene rings is 1. The van der Waals surface area contributed by atoms with Crippen LogP contribution in [0.1, 0.15) is 45.8 Å². The summed E-state index contributed by atoms with van der Waals surface area (Å²) in [5.41, 5.74) is 3.40. The quantitative estimate of drug-likeness (QED) is 0.334. The van der Waals surface area contributed by atoms with Crippen LogP contribution in [-0.4, -0.2) is 59.2 Å². The smallest absolute Gasteiger partial charge is 0.410 e. The van der Waals surface area contributed by atoms with Crippen LogP contribution in [0.15, 0.2) is 24.5 Å². The Bertz CT molecular complexity index is 1480. The lowest BCUT2D eigenvalue weighted by Crippen LogP contribution is -2.39. The molecular weight excluding hydrogens is 515 g/mol. The predicted molar refractivity (Wildman–Crippen MR) is 145 cm³/mol. The number of carbonyl (C=O) groups is 1. The number of aryl methyl sites for hydroxylation is 1. The van der Waals surface area contributed by atoms with E-state index in [0.29, 0.717) is 59.1 Å². The zero-order valence-corrected chi connectivity index (χ0v) is 22.6. The van der Waals surface area contributed by atoms with Crippen LogP contribution in [0.4, 0.5) is 10.6 Å². The monoisotopic (exact) mass is 542 g/mol. The number of hydrogen-bond acceptors (Lipinski definition) is 7. The molecule has 10 nitrogen and oxygen atoms in total. The highest BCUT2D eigenvalue weighted by Gasteiger charge is 2.25. The molecule has 0 bridgehead atoms. The lowest BCUT2D eigenvalue weighted by molar-refractivity contribution is 0.0270. The molecular formula is C25H28Cl2N8O2. The van der Waals surface area contributed by atoms with Gasteiger partial charge in [-0.3, -0.25) is 0 Å². The van der Waals surface area contributed by atoms with Crippen molar-refractivity contribution in [1.82, 2.24) is 34.4 Å². The van der Waals surface area contributed by atoms with Gasteiger partial charge in [0.15, 0.2) is 17.3 Å². The normalized spacial score (nSPS) is 14.3. The molecule has 37 heavy (non-hydrogen) atoms. The Kier molecular flexibility index (Phi) is 6.72. The average Bonchev–Trinajstić information content (AvgIpc) is 3.45. The summed E-state index contributed by atoms with van der Waals surface area (Å²) in [5, 5.41) is 4.29. The van der Waals surface area contributed by atoms with Crippen LogP contribution in [0.3, 0.4) is 0 Å². The van der Waals surface area contributed by atoms with Crippen molar-refractivity contribution < 1.29 is 9.53 Å². The summed E-state index contributed by atoms with van der Waals surface area (Å²) in [5.74, 6) is 1.93. The minimum absolute atomic E-state index is 0.320. The fourth-order valence-electron chi connectivity index (χ4n) is 4.12. The van der Waals surface area contributed by atoms with Gasteiger partial charge in [-0.05, 0) is 51.8 Å². The van der Waals surface area contributed by atoms with Crippen molar-refractivity contribution in [2.45, 2.75) is 52.8 Å². The number of fused-ring (bicyclic) bond motifs is 2. The maximum absolute atomic E-state index is 12.5. The van der Waals surface area contributed by atoms with E-state index in [1.807, 2.05) is 38.3 Å². The molecule has 0 aliphatic carbocycles. The van der Waals surface area contributed by atoms with E-state index in [2.05, 4.69) is 20.3 Å². The Hall–Kier alpha value is -3.37. The van der Waals surface area contributed by atoms with Gasteiger partial charge in [-0.2, -0.15) is 0 Å². The van der Waals surface area contributed by atoms with E-state index in [0.717, 1.165) is 28.8 Å². The second-order valence-corrected chi connectivity index (χ2v) is 10.6. The van der Waals surface area contributed by atoms with Crippen LogP contribution in [0.25, 0.3) is 27.8 Å². The molecule has 0 fully saturated rings. The van der Waals surface area contributed by atoms with Gasteiger partial charge in [0.05, 0.1) is 34.0 Å². The number of imidazole rings is 2. The standard InChI is InChI=1S/C25H28Cl2N8O2/c1-5-34-13-29-20-22(28-12-19-30-17-10-15(26)16(27)11-18(17)31-19)32-21(33-23(20)34)14-6-8-35(9-7-14)24(36)37-25(2,3)4/h6,10-11,13H,5,7-9,12H2,1-4H3,(H,30,31)(H,28,32,33). The van der Waals surface area contributed by atoms with Crippen LogP contribution < -0.4 is 5.32 Å². The SMILES string of the molecule is CCn1cnc2c(NCc3nc4cc(Cl)c(Cl)cc4[nH]3)nc(C3=CCN(C(=O)OC(C)(C)C)CC3)nc21. The van der Waals surface area contributed by atoms with Gasteiger partial charge < -0.3 is 24.5 Å². The maximum Gasteiger partial charge on any atom is 0.410 e. The molecule has 12 heteroatoms. The number of amides is 1. The van der Waals surface area contributed by atoms with Gasteiger partial charge in [-0.1, -0.05) is 29.3 Å². The van der Waals surface area contributed by atoms with E-state index in [9.17, 15) is 4.79 Å². The number of halogens is 2. The molecule has 194 valence electrons. The molecule has 4 aromatic rings. The van der Waals surface area contributed by atoms with E-state index in [1.165, 1.54) is 0 Å². The van der Waals surface area contributed by atoms with Gasteiger partial charge in [-0.25, -0.2) is 24.7 Å². The summed E-state index contributed by atoms with van der Waals surface area (Å²) in [7, 11) is 0. The fourth-order valence-corrected chi connectivity index (χ4v) is 4.44. The molecule has 1 amide bonds. The fraction of sp³-hybridized carbons (Fsp3) is 0.400. The molecule has 2 N–H and O–H groups in total. The number of rotatable bonds is 5. The maximum atomic E-state index is 12.5. The molecule has 1 aromatic carbocycles. The van der Waals surface area contributed by atoms with Crippen molar-refractivity contribution in [3.05, 3.63) is 46.2 Å². The highest BCUT2D eigenvalue weighted by atomic mass is 35.5. The third-order valence-electron chi connectivity index (χ3n) is 5.95. The Morgan fingerprint density at radius 3 is 2.68 bits per heavy atom. The Labute approximate surface area is 224 Å². The third-order valence-corrected chi connectivity index (χ3v) is 6.67. The largest absolute Gasteiger partial charge is 0.444 e. The molecule has 0 radical (unpaired) electrons. The summed E-state index contributed by atoms with van der Waals surface area (Å²) in [6.07, 6.45) is 4.05. The predicted octanol–water partition coefficient (Wildman–Crippen LogP) is 5.67. The Morgan fingerprint density at radius 2 is 1.97 bits per heavy atom. The van der Waals surface area contributed by atoms with Crippen molar-refractivity contribution >= 4 is 62.9 Å². The highest BCUT2D eigenvalue weighted by molar-refractivity contribution is 6.42. The number of H-pyrrole nitrogens is 1. The summed E-state index contributed by atoms with van der Waals surface area (Å²) < 4.78 is 7.48. The van der Waals surface area contributed by atoms with Crippen molar-refractivity contribution in [3.8, 4) is 0 Å². The van der Waals surface area contributed by atoms with Crippen molar-refractivity contribution in [2.24, 2.45) is 0 Å². The van der Waals surface area contributed by atoms with Crippen LogP contribution in [0, 0.1) is 0 Å². The van der Waals surface area contributed by atoms with E-state index < -0.39 is 5.60 Å². The van der Waals surface area contributed by atoms with Crippen molar-refractivity contribution in [1.29, 1.82) is 0 Å². The molecule has 0 saturated carbocycles. The van der Waals surface area contributed by atoms with Crippen LogP contribution in [0.2, 0.25) is 10.0 Å². The van der Waals surface area contributed by atoms with Gasteiger partial charge in [0.1, 0.15) is 16.9 Å². The minimum atomic E-state index is -0.535. The van der Waals surface area contributed by atoms with Crippen LogP contribution in [-0.2, 0) is 17.8 Å². The second kappa shape index (κ2) is 9.83. The number of aromatic nitrogens is 6. The van der Waals surface area contributed by atoms with Gasteiger partial charge in [-0.15, -0.1) is 0 Å². The molecule has 1 aliphatic rings. The van der Waals surface area contributed by atoms with Crippen LogP contribution in [0.5, 0.6) is 0 Å². The molecule has 4 heterocycles. The first-order chi connectivity index (χ1) is 17.6. The number of aromatic amines is 1. The van der Waals surface area contributed by atoms with E-state index in [4.69, 9.17) is 37.9 Å². The average molecular weight is 543 g/mol. The molecule has 0 spiro atoms. The molecule has 1 aliphatic heterocycles. The lowest BCUT2D eigenvalue weighted by Gasteiger charge is -2.29. The zero-order chi connectivity index (χ0) is 26.3. The van der Waals surface area contributed by atoms with Gasteiger partial charge >= 0.3 is 6.09 Å². The first kappa shape index (κ1) is 25.3.